The summed E-state index contributed by atoms with van der Waals surface area (Å²) < 4.78 is 28.3. The Morgan fingerprint density at radius 3 is 2.43 bits per heavy atom. The minimum absolute atomic E-state index is 0.0113. The number of halogens is 2. The number of benzene rings is 1. The number of amidine groups is 1. The first-order valence-corrected chi connectivity index (χ1v) is 7.50. The van der Waals surface area contributed by atoms with Crippen molar-refractivity contribution >= 4 is 11.5 Å². The summed E-state index contributed by atoms with van der Waals surface area (Å²) >= 11 is 0. The van der Waals surface area contributed by atoms with Crippen molar-refractivity contribution in [3.8, 4) is 0 Å². The topological polar surface area (TPSA) is 53.1 Å². The van der Waals surface area contributed by atoms with Crippen LogP contribution in [0.4, 0.5) is 14.5 Å². The van der Waals surface area contributed by atoms with Gasteiger partial charge in [-0.2, -0.15) is 0 Å². The maximum absolute atomic E-state index is 14.1. The van der Waals surface area contributed by atoms with E-state index in [1.54, 1.807) is 11.9 Å². The predicted molar refractivity (Wildman–Crippen MR) is 79.6 cm³/mol. The molecular weight excluding hydrogens is 272 g/mol. The van der Waals surface area contributed by atoms with E-state index in [1.165, 1.54) is 25.7 Å². The third-order valence-electron chi connectivity index (χ3n) is 5.10. The molecule has 3 unspecified atom stereocenters. The van der Waals surface area contributed by atoms with E-state index in [0.717, 1.165) is 24.0 Å². The van der Waals surface area contributed by atoms with Crippen LogP contribution in [-0.4, -0.2) is 19.4 Å². The SMILES string of the molecule is CN(CC1CC2CCC1C2)c1c(F)cc(C(=N)N)cc1F. The molecule has 3 rings (SSSR count). The zero-order valence-electron chi connectivity index (χ0n) is 12.2. The average Bonchev–Trinajstić information content (AvgIpc) is 2.99. The Hall–Kier alpha value is -1.65. The highest BCUT2D eigenvalue weighted by atomic mass is 19.1. The van der Waals surface area contributed by atoms with Crippen molar-refractivity contribution in [2.75, 3.05) is 18.5 Å². The predicted octanol–water partition coefficient (Wildman–Crippen LogP) is 3.12. The van der Waals surface area contributed by atoms with Crippen LogP contribution < -0.4 is 10.6 Å². The van der Waals surface area contributed by atoms with Gasteiger partial charge in [-0.1, -0.05) is 6.42 Å². The molecule has 1 aromatic carbocycles. The highest BCUT2D eigenvalue weighted by Crippen LogP contribution is 2.48. The Morgan fingerprint density at radius 1 is 1.29 bits per heavy atom. The van der Waals surface area contributed by atoms with Gasteiger partial charge in [0.05, 0.1) is 0 Å². The van der Waals surface area contributed by atoms with Crippen molar-refractivity contribution in [2.45, 2.75) is 25.7 Å². The minimum atomic E-state index is -0.647. The molecule has 0 amide bonds. The molecular formula is C16H21F2N3. The Labute approximate surface area is 123 Å². The molecule has 2 fully saturated rings. The number of nitrogens with two attached hydrogens (primary N) is 1. The summed E-state index contributed by atoms with van der Waals surface area (Å²) in [6.07, 6.45) is 5.05. The number of nitrogen functional groups attached to an aromatic ring is 1. The third kappa shape index (κ3) is 2.61. The van der Waals surface area contributed by atoms with E-state index >= 15 is 0 Å². The van der Waals surface area contributed by atoms with Gasteiger partial charge >= 0.3 is 0 Å². The lowest BCUT2D eigenvalue weighted by Crippen LogP contribution is -2.30. The zero-order valence-corrected chi connectivity index (χ0v) is 12.2. The van der Waals surface area contributed by atoms with Gasteiger partial charge in [0.1, 0.15) is 23.2 Å². The summed E-state index contributed by atoms with van der Waals surface area (Å²) in [6, 6.07) is 2.27. The van der Waals surface area contributed by atoms with Crippen LogP contribution in [-0.2, 0) is 0 Å². The second kappa shape index (κ2) is 5.28. The van der Waals surface area contributed by atoms with Crippen molar-refractivity contribution in [3.05, 3.63) is 29.3 Å². The Bertz CT molecular complexity index is 550. The molecule has 3 atom stereocenters. The molecule has 0 aliphatic heterocycles. The average molecular weight is 293 g/mol. The van der Waals surface area contributed by atoms with Gasteiger partial charge in [0, 0.05) is 19.2 Å². The summed E-state index contributed by atoms with van der Waals surface area (Å²) in [5.41, 5.74) is 5.36. The first-order valence-electron chi connectivity index (χ1n) is 7.50. The monoisotopic (exact) mass is 293 g/mol. The van der Waals surface area contributed by atoms with Crippen LogP contribution in [0.5, 0.6) is 0 Å². The standard InChI is InChI=1S/C16H21F2N3/c1-21(8-12-5-9-2-3-10(12)4-9)15-13(17)6-11(16(19)20)7-14(15)18/h6-7,9-10,12H,2-5,8H2,1H3,(H3,19,20). The maximum Gasteiger partial charge on any atom is 0.150 e. The fourth-order valence-corrected chi connectivity index (χ4v) is 4.13. The molecule has 1 aromatic rings. The van der Waals surface area contributed by atoms with Crippen LogP contribution in [0.15, 0.2) is 12.1 Å². The van der Waals surface area contributed by atoms with Crippen LogP contribution >= 0.6 is 0 Å². The molecule has 2 bridgehead atoms. The van der Waals surface area contributed by atoms with E-state index in [4.69, 9.17) is 11.1 Å². The van der Waals surface area contributed by atoms with E-state index in [1.807, 2.05) is 0 Å². The second-order valence-electron chi connectivity index (χ2n) is 6.52. The fourth-order valence-electron chi connectivity index (χ4n) is 4.13. The molecule has 3 nitrogen and oxygen atoms in total. The van der Waals surface area contributed by atoms with Gasteiger partial charge in [-0.3, -0.25) is 5.41 Å². The van der Waals surface area contributed by atoms with E-state index in [0.29, 0.717) is 12.5 Å². The highest BCUT2D eigenvalue weighted by Gasteiger charge is 2.40. The van der Waals surface area contributed by atoms with Crippen LogP contribution in [0.25, 0.3) is 0 Å². The molecule has 2 aliphatic rings. The van der Waals surface area contributed by atoms with Crippen LogP contribution in [0.3, 0.4) is 0 Å². The fraction of sp³-hybridized carbons (Fsp3) is 0.562. The Morgan fingerprint density at radius 2 is 1.95 bits per heavy atom. The molecule has 3 N–H and O–H groups in total. The van der Waals surface area contributed by atoms with Crippen molar-refractivity contribution < 1.29 is 8.78 Å². The molecule has 0 heterocycles. The quantitative estimate of drug-likeness (QED) is 0.662. The number of anilines is 1. The second-order valence-corrected chi connectivity index (χ2v) is 6.52. The normalized spacial score (nSPS) is 27.1. The van der Waals surface area contributed by atoms with Gasteiger partial charge in [0.15, 0.2) is 0 Å². The van der Waals surface area contributed by atoms with E-state index < -0.39 is 11.6 Å². The van der Waals surface area contributed by atoms with Gasteiger partial charge in [0.25, 0.3) is 0 Å². The van der Waals surface area contributed by atoms with Gasteiger partial charge < -0.3 is 10.6 Å². The summed E-state index contributed by atoms with van der Waals surface area (Å²) in [5, 5.41) is 7.27. The van der Waals surface area contributed by atoms with E-state index in [2.05, 4.69) is 0 Å². The number of hydrogen-bond acceptors (Lipinski definition) is 2. The van der Waals surface area contributed by atoms with Crippen molar-refractivity contribution in [3.63, 3.8) is 0 Å². The lowest BCUT2D eigenvalue weighted by atomic mass is 9.88. The Balaban J connectivity index is 1.78. The summed E-state index contributed by atoms with van der Waals surface area (Å²) in [6.45, 7) is 0.689. The molecule has 0 aromatic heterocycles. The number of fused-ring (bicyclic) bond motifs is 2. The highest BCUT2D eigenvalue weighted by molar-refractivity contribution is 5.95. The molecule has 114 valence electrons. The largest absolute Gasteiger partial charge is 0.384 e. The van der Waals surface area contributed by atoms with Crippen molar-refractivity contribution in [1.29, 1.82) is 5.41 Å². The molecule has 21 heavy (non-hydrogen) atoms. The van der Waals surface area contributed by atoms with Crippen molar-refractivity contribution in [2.24, 2.45) is 23.5 Å². The van der Waals surface area contributed by atoms with Crippen LogP contribution in [0, 0.1) is 34.8 Å². The number of rotatable bonds is 4. The lowest BCUT2D eigenvalue weighted by molar-refractivity contribution is 0.336. The number of hydrogen-bond donors (Lipinski definition) is 2. The first-order chi connectivity index (χ1) is 9.95. The molecule has 5 heteroatoms. The molecule has 0 spiro atoms. The van der Waals surface area contributed by atoms with Gasteiger partial charge in [-0.25, -0.2) is 8.78 Å². The van der Waals surface area contributed by atoms with Gasteiger partial charge in [-0.15, -0.1) is 0 Å². The maximum atomic E-state index is 14.1. The summed E-state index contributed by atoms with van der Waals surface area (Å²) in [7, 11) is 1.74. The summed E-state index contributed by atoms with van der Waals surface area (Å²) in [5.74, 6) is 0.468. The molecule has 2 saturated carbocycles. The first kappa shape index (κ1) is 14.3. The minimum Gasteiger partial charge on any atom is -0.384 e. The lowest BCUT2D eigenvalue weighted by Gasteiger charge is -2.29. The van der Waals surface area contributed by atoms with Crippen molar-refractivity contribution in [1.82, 2.24) is 0 Å². The molecule has 0 saturated heterocycles. The third-order valence-corrected chi connectivity index (χ3v) is 5.10. The van der Waals surface area contributed by atoms with Crippen LogP contribution in [0.1, 0.15) is 31.2 Å². The smallest absolute Gasteiger partial charge is 0.150 e. The summed E-state index contributed by atoms with van der Waals surface area (Å²) in [4.78, 5) is 1.68. The van der Waals surface area contributed by atoms with Gasteiger partial charge in [0.2, 0.25) is 0 Å². The van der Waals surface area contributed by atoms with E-state index in [-0.39, 0.29) is 17.1 Å². The molecule has 0 radical (unpaired) electrons. The van der Waals surface area contributed by atoms with E-state index in [9.17, 15) is 8.78 Å². The molecule has 2 aliphatic carbocycles. The number of nitrogens with zero attached hydrogens (tertiary/aromatic N) is 1. The zero-order chi connectivity index (χ0) is 15.1. The Kier molecular flexibility index (Phi) is 3.59. The number of nitrogens with one attached hydrogen (secondary N) is 1. The van der Waals surface area contributed by atoms with Crippen LogP contribution in [0.2, 0.25) is 0 Å². The van der Waals surface area contributed by atoms with Gasteiger partial charge in [-0.05, 0) is 49.1 Å².